The molecule has 0 saturated carbocycles. The number of urea groups is 2. The van der Waals surface area contributed by atoms with Gasteiger partial charge in [0.15, 0.2) is 11.6 Å². The third-order valence-electron chi connectivity index (χ3n) is 13.0. The van der Waals surface area contributed by atoms with Gasteiger partial charge in [0.1, 0.15) is 11.6 Å². The molecule has 8 rings (SSSR count). The Hall–Kier alpha value is -6.92. The number of nitrogens with one attached hydrogen (secondary N) is 4. The second kappa shape index (κ2) is 23.6. The van der Waals surface area contributed by atoms with Crippen molar-refractivity contribution in [1.29, 1.82) is 0 Å². The Kier molecular flexibility index (Phi) is 17.2. The second-order valence-electron chi connectivity index (χ2n) is 17.8. The van der Waals surface area contributed by atoms with E-state index in [9.17, 15) is 19.2 Å². The van der Waals surface area contributed by atoms with Crippen LogP contribution in [0.4, 0.5) is 32.6 Å². The predicted octanol–water partition coefficient (Wildman–Crippen LogP) is 7.06. The minimum atomic E-state index is -0.245. The maximum absolute atomic E-state index is 12.4. The third kappa shape index (κ3) is 11.7. The number of carbonyl (C=O) groups excluding carboxylic acids is 4. The highest BCUT2D eigenvalue weighted by atomic mass is 16.5. The van der Waals surface area contributed by atoms with Crippen molar-refractivity contribution in [3.8, 4) is 22.8 Å². The highest BCUT2D eigenvalue weighted by Crippen LogP contribution is 2.40. The molecule has 2 aromatic heterocycles. The first-order valence-corrected chi connectivity index (χ1v) is 24.4. The van der Waals surface area contributed by atoms with Crippen molar-refractivity contribution < 1.29 is 28.7 Å². The molecular weight excluding hydrogens is 889 g/mol. The summed E-state index contributed by atoms with van der Waals surface area (Å²) in [5, 5.41) is 11.1. The van der Waals surface area contributed by atoms with E-state index in [1.165, 1.54) is 0 Å². The molecule has 0 unspecified atom stereocenters. The van der Waals surface area contributed by atoms with Crippen LogP contribution in [0.2, 0.25) is 0 Å². The molecule has 372 valence electrons. The first kappa shape index (κ1) is 50.9. The SMILES string of the molecule is C=CC[C@@H]1c2nc(-c3ccc(NC(=O)NCC)cc3)nc(N3CCOC[C@@H]3C)c2CCN1C(C)=O.C=CC[C@H]1c2nc(-c3ccc(NC(=O)NCC)cc3)nc(N3CCOC[C@@H]3C)c2CCN1C(C)=O. The summed E-state index contributed by atoms with van der Waals surface area (Å²) in [7, 11) is 0. The lowest BCUT2D eigenvalue weighted by molar-refractivity contribution is -0.132. The van der Waals surface area contributed by atoms with Crippen LogP contribution in [0, 0.1) is 0 Å². The van der Waals surface area contributed by atoms with Crippen molar-refractivity contribution >= 4 is 46.9 Å². The summed E-state index contributed by atoms with van der Waals surface area (Å²) >= 11 is 0. The normalized spacial score (nSPS) is 19.6. The fourth-order valence-electron chi connectivity index (χ4n) is 9.52. The molecule has 70 heavy (non-hydrogen) atoms. The molecule has 0 radical (unpaired) electrons. The molecule has 0 bridgehead atoms. The molecule has 4 aliphatic heterocycles. The lowest BCUT2D eigenvalue weighted by atomic mass is 9.94. The zero-order valence-corrected chi connectivity index (χ0v) is 41.4. The van der Waals surface area contributed by atoms with E-state index in [2.05, 4.69) is 58.1 Å². The maximum Gasteiger partial charge on any atom is 0.319 e. The molecule has 0 spiro atoms. The summed E-state index contributed by atoms with van der Waals surface area (Å²) in [4.78, 5) is 77.1. The van der Waals surface area contributed by atoms with Crippen LogP contribution >= 0.6 is 0 Å². The van der Waals surface area contributed by atoms with Gasteiger partial charge in [0.25, 0.3) is 0 Å². The van der Waals surface area contributed by atoms with Gasteiger partial charge in [-0.15, -0.1) is 13.2 Å². The average molecular weight is 957 g/mol. The Bertz CT molecular complexity index is 2350. The Morgan fingerprint density at radius 1 is 0.614 bits per heavy atom. The molecule has 6 amide bonds. The van der Waals surface area contributed by atoms with Crippen molar-refractivity contribution in [3.05, 3.63) is 96.4 Å². The fraction of sp³-hybridized carbons (Fsp3) is 0.462. The monoisotopic (exact) mass is 957 g/mol. The van der Waals surface area contributed by atoms with Crippen LogP contribution in [0.3, 0.4) is 0 Å². The number of benzene rings is 2. The maximum atomic E-state index is 12.4. The molecule has 4 N–H and O–H groups in total. The van der Waals surface area contributed by atoms with Crippen LogP contribution in [0.1, 0.15) is 89.0 Å². The van der Waals surface area contributed by atoms with Crippen molar-refractivity contribution in [2.24, 2.45) is 0 Å². The van der Waals surface area contributed by atoms with Crippen LogP contribution in [0.25, 0.3) is 22.8 Å². The van der Waals surface area contributed by atoms with Crippen molar-refractivity contribution in [1.82, 2.24) is 40.4 Å². The first-order valence-electron chi connectivity index (χ1n) is 24.4. The standard InChI is InChI=1S/2C26H34N6O3/c2*1-5-7-22-23-21(12-13-32(22)18(4)33)25(31-14-15-35-16-17(31)3)30-24(29-23)19-8-10-20(11-9-19)28-26(34)27-6-2/h2*5,8-11,17,22H,1,6-7,12-16H2,2-4H3,(H2,27,28,34)/t17-,22+;17-,22-/m00/s1. The molecule has 4 aliphatic rings. The number of nitrogens with zero attached hydrogens (tertiary/aromatic N) is 8. The summed E-state index contributed by atoms with van der Waals surface area (Å²) in [5.41, 5.74) is 7.02. The van der Waals surface area contributed by atoms with E-state index in [0.29, 0.717) is 101 Å². The predicted molar refractivity (Wildman–Crippen MR) is 273 cm³/mol. The Morgan fingerprint density at radius 2 is 1.00 bits per heavy atom. The summed E-state index contributed by atoms with van der Waals surface area (Å²) < 4.78 is 11.3. The van der Waals surface area contributed by atoms with Crippen LogP contribution in [0.15, 0.2) is 73.8 Å². The van der Waals surface area contributed by atoms with Gasteiger partial charge in [-0.25, -0.2) is 29.5 Å². The number of rotatable bonds is 12. The number of amides is 6. The smallest absolute Gasteiger partial charge is 0.319 e. The van der Waals surface area contributed by atoms with Crippen LogP contribution in [-0.2, 0) is 31.9 Å². The number of ether oxygens (including phenoxy) is 2. The Balaban J connectivity index is 0.000000206. The molecule has 18 nitrogen and oxygen atoms in total. The lowest BCUT2D eigenvalue weighted by Crippen LogP contribution is -2.46. The van der Waals surface area contributed by atoms with Gasteiger partial charge >= 0.3 is 12.1 Å². The van der Waals surface area contributed by atoms with E-state index in [-0.39, 0.29) is 48.0 Å². The zero-order chi connectivity index (χ0) is 49.9. The molecule has 4 atom stereocenters. The van der Waals surface area contributed by atoms with Crippen molar-refractivity contribution in [3.63, 3.8) is 0 Å². The van der Waals surface area contributed by atoms with Crippen molar-refractivity contribution in [2.45, 2.75) is 91.4 Å². The minimum absolute atomic E-state index is 0.0322. The summed E-state index contributed by atoms with van der Waals surface area (Å²) in [6, 6.07) is 14.5. The molecule has 2 aromatic carbocycles. The van der Waals surface area contributed by atoms with Crippen molar-refractivity contribution in [2.75, 3.05) is 86.1 Å². The molecule has 18 heteroatoms. The summed E-state index contributed by atoms with van der Waals surface area (Å²) in [6.07, 6.45) is 6.34. The molecule has 2 fully saturated rings. The number of morpholine rings is 2. The average Bonchev–Trinajstić information content (AvgIpc) is 3.35. The number of carbonyl (C=O) groups is 4. The van der Waals surface area contributed by atoms with Gasteiger partial charge in [-0.1, -0.05) is 12.2 Å². The highest BCUT2D eigenvalue weighted by Gasteiger charge is 2.37. The van der Waals surface area contributed by atoms with Gasteiger partial charge in [-0.05, 0) is 102 Å². The van der Waals surface area contributed by atoms with Gasteiger partial charge in [-0.3, -0.25) is 9.59 Å². The number of hydrogen-bond acceptors (Lipinski definition) is 12. The van der Waals surface area contributed by atoms with Crippen LogP contribution in [0.5, 0.6) is 0 Å². The van der Waals surface area contributed by atoms with Gasteiger partial charge in [-0.2, -0.15) is 0 Å². The first-order chi connectivity index (χ1) is 33.8. The van der Waals surface area contributed by atoms with E-state index in [1.807, 2.05) is 84.3 Å². The van der Waals surface area contributed by atoms with Gasteiger partial charge in [0, 0.05) is 86.7 Å². The van der Waals surface area contributed by atoms with E-state index >= 15 is 0 Å². The highest BCUT2D eigenvalue weighted by molar-refractivity contribution is 5.90. The zero-order valence-electron chi connectivity index (χ0n) is 41.4. The van der Waals surface area contributed by atoms with E-state index in [4.69, 9.17) is 29.4 Å². The van der Waals surface area contributed by atoms with E-state index in [1.54, 1.807) is 13.8 Å². The quantitative estimate of drug-likeness (QED) is 0.106. The molecule has 6 heterocycles. The third-order valence-corrected chi connectivity index (χ3v) is 13.0. The van der Waals surface area contributed by atoms with E-state index < -0.39 is 0 Å². The Labute approximate surface area is 411 Å². The Morgan fingerprint density at radius 3 is 1.33 bits per heavy atom. The van der Waals surface area contributed by atoms with E-state index in [0.717, 1.165) is 58.4 Å². The summed E-state index contributed by atoms with van der Waals surface area (Å²) in [5.74, 6) is 3.10. The fourth-order valence-corrected chi connectivity index (χ4v) is 9.52. The molecule has 0 aliphatic carbocycles. The molecule has 4 aromatic rings. The van der Waals surface area contributed by atoms with Crippen LogP contribution < -0.4 is 31.1 Å². The minimum Gasteiger partial charge on any atom is -0.377 e. The molecular formula is C52H68N12O6. The van der Waals surface area contributed by atoms with Gasteiger partial charge < -0.3 is 50.3 Å². The van der Waals surface area contributed by atoms with Crippen LogP contribution in [-0.4, -0.2) is 131 Å². The second-order valence-corrected chi connectivity index (χ2v) is 17.8. The van der Waals surface area contributed by atoms with Gasteiger partial charge in [0.2, 0.25) is 11.8 Å². The largest absolute Gasteiger partial charge is 0.377 e. The topological polar surface area (TPSA) is 199 Å². The summed E-state index contributed by atoms with van der Waals surface area (Å²) in [6.45, 7) is 25.5. The lowest BCUT2D eigenvalue weighted by Gasteiger charge is -2.40. The van der Waals surface area contributed by atoms with Gasteiger partial charge in [0.05, 0.1) is 62.0 Å². The number of fused-ring (bicyclic) bond motifs is 2. The number of anilines is 4. The molecule has 2 saturated heterocycles. The number of aromatic nitrogens is 4. The number of hydrogen-bond donors (Lipinski definition) is 4.